The third-order valence-corrected chi connectivity index (χ3v) is 5.13. The van der Waals surface area contributed by atoms with E-state index in [4.69, 9.17) is 5.84 Å². The minimum atomic E-state index is -0.451. The molecule has 8 heteroatoms. The first-order valence-electron chi connectivity index (χ1n) is 6.51. The molecule has 0 atom stereocenters. The van der Waals surface area contributed by atoms with Crippen molar-refractivity contribution in [2.24, 2.45) is 5.84 Å². The molecule has 0 amide bonds. The zero-order valence-corrected chi connectivity index (χ0v) is 12.2. The maximum Gasteiger partial charge on any atom is 0.276 e. The number of nitrogen functional groups attached to an aromatic ring is 1. The average Bonchev–Trinajstić information content (AvgIpc) is 2.94. The van der Waals surface area contributed by atoms with Gasteiger partial charge in [0.25, 0.3) is 5.69 Å². The highest BCUT2D eigenvalue weighted by atomic mass is 32.2. The van der Waals surface area contributed by atoms with E-state index in [1.54, 1.807) is 0 Å². The van der Waals surface area contributed by atoms with E-state index >= 15 is 0 Å². The Labute approximate surface area is 121 Å². The topological polar surface area (TPSA) is 106 Å². The van der Waals surface area contributed by atoms with E-state index in [-0.39, 0.29) is 16.3 Å². The maximum absolute atomic E-state index is 10.9. The molecule has 2 rings (SSSR count). The minimum Gasteiger partial charge on any atom is -0.368 e. The lowest BCUT2D eigenvalue weighted by atomic mass is 10.1. The Morgan fingerprint density at radius 1 is 1.45 bits per heavy atom. The first-order valence-corrected chi connectivity index (χ1v) is 7.73. The van der Waals surface area contributed by atoms with Gasteiger partial charge in [-0.15, -0.1) is 0 Å². The second kappa shape index (κ2) is 6.27. The van der Waals surface area contributed by atoms with Gasteiger partial charge in [0, 0.05) is 11.3 Å². The van der Waals surface area contributed by atoms with Gasteiger partial charge in [0.05, 0.1) is 17.1 Å². The molecule has 1 aromatic heterocycles. The lowest BCUT2D eigenvalue weighted by Crippen LogP contribution is -2.30. The van der Waals surface area contributed by atoms with Crippen LogP contribution in [0.1, 0.15) is 25.7 Å². The highest BCUT2D eigenvalue weighted by molar-refractivity contribution is 8.00. The predicted molar refractivity (Wildman–Crippen MR) is 81.9 cm³/mol. The van der Waals surface area contributed by atoms with E-state index in [0.29, 0.717) is 5.82 Å². The Kier molecular flexibility index (Phi) is 4.66. The second-order valence-corrected chi connectivity index (χ2v) is 6.22. The van der Waals surface area contributed by atoms with Crippen LogP contribution in [-0.2, 0) is 0 Å². The molecular weight excluding hydrogens is 278 g/mol. The third-order valence-electron chi connectivity index (χ3n) is 3.71. The molecule has 0 spiro atoms. The Morgan fingerprint density at radius 2 is 2.10 bits per heavy atom. The van der Waals surface area contributed by atoms with Gasteiger partial charge in [-0.1, -0.05) is 12.8 Å². The van der Waals surface area contributed by atoms with Crippen LogP contribution in [0.25, 0.3) is 0 Å². The molecule has 0 bridgehead atoms. The van der Waals surface area contributed by atoms with E-state index in [1.807, 2.05) is 11.8 Å². The zero-order chi connectivity index (χ0) is 14.6. The van der Waals surface area contributed by atoms with Gasteiger partial charge in [0.2, 0.25) is 0 Å². The van der Waals surface area contributed by atoms with Crippen LogP contribution in [0.4, 0.5) is 17.3 Å². The molecular formula is C12H19N5O2S. The molecule has 1 aliphatic carbocycles. The normalized spacial score (nSPS) is 16.9. The molecule has 0 aromatic carbocycles. The molecule has 20 heavy (non-hydrogen) atoms. The van der Waals surface area contributed by atoms with E-state index in [2.05, 4.69) is 22.0 Å². The Morgan fingerprint density at radius 3 is 2.65 bits per heavy atom. The molecule has 0 unspecified atom stereocenters. The number of nitrogens with two attached hydrogens (primary N) is 1. The van der Waals surface area contributed by atoms with Gasteiger partial charge >= 0.3 is 0 Å². The number of rotatable bonds is 6. The molecule has 110 valence electrons. The lowest BCUT2D eigenvalue weighted by Gasteiger charge is -2.27. The van der Waals surface area contributed by atoms with E-state index in [1.165, 1.54) is 25.0 Å². The second-order valence-electron chi connectivity index (χ2n) is 4.95. The Bertz CT molecular complexity index is 491. The molecule has 7 nitrogen and oxygen atoms in total. The van der Waals surface area contributed by atoms with Crippen molar-refractivity contribution < 1.29 is 4.92 Å². The Hall–Kier alpha value is -1.54. The third kappa shape index (κ3) is 3.31. The van der Waals surface area contributed by atoms with Crippen molar-refractivity contribution in [2.75, 3.05) is 23.5 Å². The number of nitro groups is 1. The van der Waals surface area contributed by atoms with Crippen LogP contribution in [0.3, 0.4) is 0 Å². The van der Waals surface area contributed by atoms with Crippen molar-refractivity contribution >= 4 is 29.1 Å². The van der Waals surface area contributed by atoms with Gasteiger partial charge in [-0.05, 0) is 19.1 Å². The van der Waals surface area contributed by atoms with Crippen LogP contribution in [0, 0.1) is 10.1 Å². The number of hydrogen-bond donors (Lipinski definition) is 3. The number of anilines is 2. The number of thioether (sulfide) groups is 1. The Balaban J connectivity index is 2.12. The fourth-order valence-corrected chi connectivity index (χ4v) is 3.42. The highest BCUT2D eigenvalue weighted by Crippen LogP contribution is 2.40. The fraction of sp³-hybridized carbons (Fsp3) is 0.583. The van der Waals surface area contributed by atoms with Gasteiger partial charge in [-0.2, -0.15) is 11.8 Å². The fourth-order valence-electron chi connectivity index (χ4n) is 2.51. The number of aromatic nitrogens is 1. The summed E-state index contributed by atoms with van der Waals surface area (Å²) in [7, 11) is 0. The van der Waals surface area contributed by atoms with Crippen molar-refractivity contribution in [3.8, 4) is 0 Å². The van der Waals surface area contributed by atoms with E-state index < -0.39 is 4.92 Å². The van der Waals surface area contributed by atoms with E-state index in [0.717, 1.165) is 19.4 Å². The summed E-state index contributed by atoms with van der Waals surface area (Å²) in [5, 5.41) is 14.1. The smallest absolute Gasteiger partial charge is 0.276 e. The van der Waals surface area contributed by atoms with Gasteiger partial charge < -0.3 is 10.7 Å². The average molecular weight is 297 g/mol. The molecule has 0 aliphatic heterocycles. The molecule has 1 aliphatic rings. The van der Waals surface area contributed by atoms with Gasteiger partial charge in [0.15, 0.2) is 0 Å². The summed E-state index contributed by atoms with van der Waals surface area (Å²) in [6, 6.07) is 2.74. The van der Waals surface area contributed by atoms with Crippen molar-refractivity contribution in [2.45, 2.75) is 30.4 Å². The molecule has 4 N–H and O–H groups in total. The van der Waals surface area contributed by atoms with Crippen LogP contribution in [0.2, 0.25) is 0 Å². The number of hydrazine groups is 1. The summed E-state index contributed by atoms with van der Waals surface area (Å²) >= 11 is 1.86. The van der Waals surface area contributed by atoms with Crippen molar-refractivity contribution in [1.82, 2.24) is 4.98 Å². The van der Waals surface area contributed by atoms with Crippen LogP contribution >= 0.6 is 11.8 Å². The highest BCUT2D eigenvalue weighted by Gasteiger charge is 2.32. The van der Waals surface area contributed by atoms with Gasteiger partial charge in [0.1, 0.15) is 11.6 Å². The van der Waals surface area contributed by atoms with Crippen LogP contribution in [0.5, 0.6) is 0 Å². The molecule has 1 heterocycles. The number of hydrogen-bond acceptors (Lipinski definition) is 7. The quantitative estimate of drug-likeness (QED) is 0.420. The summed E-state index contributed by atoms with van der Waals surface area (Å²) in [6.45, 7) is 0.756. The van der Waals surface area contributed by atoms with Crippen LogP contribution in [0.15, 0.2) is 12.1 Å². The number of pyridine rings is 1. The number of nitrogens with zero attached hydrogens (tertiary/aromatic N) is 2. The summed E-state index contributed by atoms with van der Waals surface area (Å²) < 4.78 is 0.211. The molecule has 0 radical (unpaired) electrons. The summed E-state index contributed by atoms with van der Waals surface area (Å²) in [6.07, 6.45) is 6.91. The maximum atomic E-state index is 10.9. The first-order chi connectivity index (χ1) is 9.58. The molecule has 1 fully saturated rings. The van der Waals surface area contributed by atoms with Crippen LogP contribution in [-0.4, -0.2) is 27.5 Å². The lowest BCUT2D eigenvalue weighted by molar-refractivity contribution is -0.384. The van der Waals surface area contributed by atoms with Crippen molar-refractivity contribution in [3.05, 3.63) is 22.2 Å². The minimum absolute atomic E-state index is 0.0277. The summed E-state index contributed by atoms with van der Waals surface area (Å²) in [4.78, 5) is 14.6. The zero-order valence-electron chi connectivity index (χ0n) is 11.4. The standard InChI is InChI=1S/C12H19N5O2S/c1-20-12(4-2-3-5-12)8-14-10-6-9(17(18)19)7-11(15-10)16-13/h6-7H,2-5,8,13H2,1H3,(H2,14,15,16). The monoisotopic (exact) mass is 297 g/mol. The van der Waals surface area contributed by atoms with Crippen molar-refractivity contribution in [3.63, 3.8) is 0 Å². The van der Waals surface area contributed by atoms with Crippen LogP contribution < -0.4 is 16.6 Å². The SMILES string of the molecule is CSC1(CNc2cc([N+](=O)[O-])cc(NN)n2)CCCC1. The summed E-state index contributed by atoms with van der Waals surface area (Å²) in [5.41, 5.74) is 2.33. The molecule has 1 aromatic rings. The first kappa shape index (κ1) is 14.9. The molecule has 0 saturated heterocycles. The van der Waals surface area contributed by atoms with Gasteiger partial charge in [-0.25, -0.2) is 10.8 Å². The molecule has 1 saturated carbocycles. The van der Waals surface area contributed by atoms with Gasteiger partial charge in [-0.3, -0.25) is 10.1 Å². The summed E-state index contributed by atoms with van der Waals surface area (Å²) in [5.74, 6) is 6.05. The number of nitrogens with one attached hydrogen (secondary N) is 2. The largest absolute Gasteiger partial charge is 0.368 e. The predicted octanol–water partition coefficient (Wildman–Crippen LogP) is 2.36. The van der Waals surface area contributed by atoms with E-state index in [9.17, 15) is 10.1 Å². The van der Waals surface area contributed by atoms with Crippen molar-refractivity contribution in [1.29, 1.82) is 0 Å².